The van der Waals surface area contributed by atoms with Gasteiger partial charge in [-0.2, -0.15) is 0 Å². The molecule has 0 radical (unpaired) electrons. The minimum atomic E-state index is -0.792. The predicted octanol–water partition coefficient (Wildman–Crippen LogP) is 13.6. The number of rotatable bonds is 45. The van der Waals surface area contributed by atoms with Crippen molar-refractivity contribution >= 4 is 18.1 Å². The summed E-state index contributed by atoms with van der Waals surface area (Å²) < 4.78 is 33.9. The number of hydrogen-bond donors (Lipinski definition) is 0. The minimum Gasteiger partial charge on any atom is -0.465 e. The summed E-state index contributed by atoms with van der Waals surface area (Å²) in [5, 5.41) is 0. The largest absolute Gasteiger partial charge is 0.508 e. The molecule has 0 aromatic rings. The molecule has 0 rings (SSSR count). The fourth-order valence-electron chi connectivity index (χ4n) is 6.53. The van der Waals surface area contributed by atoms with E-state index in [0.717, 1.165) is 77.4 Å². The van der Waals surface area contributed by atoms with E-state index >= 15 is 0 Å². The van der Waals surface area contributed by atoms with Gasteiger partial charge in [-0.05, 0) is 83.7 Å². The zero-order chi connectivity index (χ0) is 45.4. The maximum atomic E-state index is 13.0. The van der Waals surface area contributed by atoms with Gasteiger partial charge < -0.3 is 33.3 Å². The maximum absolute atomic E-state index is 13.0. The zero-order valence-electron chi connectivity index (χ0n) is 40.4. The lowest BCUT2D eigenvalue weighted by molar-refractivity contribution is -0.156. The van der Waals surface area contributed by atoms with Crippen molar-refractivity contribution in [3.8, 4) is 0 Å². The third kappa shape index (κ3) is 42.4. The molecule has 0 heterocycles. The highest BCUT2D eigenvalue weighted by molar-refractivity contribution is 5.69. The smallest absolute Gasteiger partial charge is 0.465 e. The van der Waals surface area contributed by atoms with Crippen molar-refractivity contribution in [2.24, 2.45) is 5.92 Å². The van der Waals surface area contributed by atoms with E-state index in [4.69, 9.17) is 28.4 Å². The Bertz CT molecular complexity index is 1110. The van der Waals surface area contributed by atoms with Crippen LogP contribution < -0.4 is 0 Å². The van der Waals surface area contributed by atoms with Crippen molar-refractivity contribution < 1.29 is 42.8 Å². The summed E-state index contributed by atoms with van der Waals surface area (Å²) in [6.45, 7) is 14.4. The first-order valence-electron chi connectivity index (χ1n) is 25.1. The molecular formula is C52H93NO9. The highest BCUT2D eigenvalue weighted by atomic mass is 16.7. The first-order chi connectivity index (χ1) is 30.4. The molecule has 10 heteroatoms. The van der Waals surface area contributed by atoms with Crippen LogP contribution in [0.4, 0.5) is 4.79 Å². The maximum Gasteiger partial charge on any atom is 0.508 e. The van der Waals surface area contributed by atoms with Gasteiger partial charge in [0.05, 0.1) is 32.2 Å². The molecule has 0 fully saturated rings. The SMILES string of the molecule is CCCCC/C=C\C/C=C\CCCCCCCC(=O)OCC(COC(=O)CCC(OC/C=C/CCCCCC)OC/C=C/CCCCCC)COC(=O)OCCCN(CC)CC. The van der Waals surface area contributed by atoms with E-state index in [-0.39, 0.29) is 38.8 Å². The third-order valence-corrected chi connectivity index (χ3v) is 10.6. The Labute approximate surface area is 380 Å². The first kappa shape index (κ1) is 59.0. The van der Waals surface area contributed by atoms with E-state index in [1.807, 2.05) is 12.2 Å². The molecular weight excluding hydrogens is 783 g/mol. The van der Waals surface area contributed by atoms with Crippen LogP contribution in [0.5, 0.6) is 0 Å². The number of hydrogen-bond acceptors (Lipinski definition) is 10. The fourth-order valence-corrected chi connectivity index (χ4v) is 6.53. The molecule has 0 N–H and O–H groups in total. The average Bonchev–Trinajstić information content (AvgIpc) is 3.28. The monoisotopic (exact) mass is 876 g/mol. The van der Waals surface area contributed by atoms with Crippen molar-refractivity contribution in [1.82, 2.24) is 4.90 Å². The molecule has 0 spiro atoms. The summed E-state index contributed by atoms with van der Waals surface area (Å²) >= 11 is 0. The van der Waals surface area contributed by atoms with E-state index in [0.29, 0.717) is 32.5 Å². The van der Waals surface area contributed by atoms with Gasteiger partial charge in [0.1, 0.15) is 19.8 Å². The van der Waals surface area contributed by atoms with Crippen LogP contribution in [0, 0.1) is 5.92 Å². The highest BCUT2D eigenvalue weighted by Gasteiger charge is 2.19. The summed E-state index contributed by atoms with van der Waals surface area (Å²) in [4.78, 5) is 40.3. The van der Waals surface area contributed by atoms with Crippen LogP contribution in [-0.2, 0) is 38.0 Å². The lowest BCUT2D eigenvalue weighted by Gasteiger charge is -2.19. The number of carbonyl (C=O) groups excluding carboxylic acids is 3. The van der Waals surface area contributed by atoms with Gasteiger partial charge in [0.2, 0.25) is 0 Å². The number of esters is 2. The van der Waals surface area contributed by atoms with Crippen molar-refractivity contribution in [2.45, 2.75) is 201 Å². The molecule has 10 nitrogen and oxygen atoms in total. The number of unbranched alkanes of at least 4 members (excludes halogenated alkanes) is 16. The highest BCUT2D eigenvalue weighted by Crippen LogP contribution is 2.12. The average molecular weight is 876 g/mol. The Kier molecular flexibility index (Phi) is 45.3. The summed E-state index contributed by atoms with van der Waals surface area (Å²) in [7, 11) is 0. The molecule has 360 valence electrons. The predicted molar refractivity (Wildman–Crippen MR) is 255 cm³/mol. The minimum absolute atomic E-state index is 0.0357. The van der Waals surface area contributed by atoms with Gasteiger partial charge in [0.15, 0.2) is 6.29 Å². The van der Waals surface area contributed by atoms with Gasteiger partial charge in [0, 0.05) is 19.4 Å². The van der Waals surface area contributed by atoms with E-state index in [1.54, 1.807) is 0 Å². The van der Waals surface area contributed by atoms with Gasteiger partial charge >= 0.3 is 18.1 Å². The molecule has 62 heavy (non-hydrogen) atoms. The fraction of sp³-hybridized carbons (Fsp3) is 0.788. The number of ether oxygens (including phenoxy) is 6. The molecule has 0 aliphatic heterocycles. The Balaban J connectivity index is 4.95. The van der Waals surface area contributed by atoms with Crippen molar-refractivity contribution in [1.29, 1.82) is 0 Å². The van der Waals surface area contributed by atoms with Crippen LogP contribution in [0.2, 0.25) is 0 Å². The third-order valence-electron chi connectivity index (χ3n) is 10.6. The lowest BCUT2D eigenvalue weighted by Crippen LogP contribution is -2.27. The molecule has 0 aliphatic rings. The molecule has 1 unspecified atom stereocenters. The Morgan fingerprint density at radius 2 is 0.919 bits per heavy atom. The van der Waals surface area contributed by atoms with Gasteiger partial charge in [-0.1, -0.05) is 154 Å². The number of nitrogens with zero attached hydrogens (tertiary/aromatic N) is 1. The number of allylic oxidation sites excluding steroid dienone is 6. The van der Waals surface area contributed by atoms with Crippen LogP contribution in [-0.4, -0.2) is 88.6 Å². The normalized spacial score (nSPS) is 12.5. The first-order valence-corrected chi connectivity index (χ1v) is 25.1. The Hall–Kier alpha value is -2.95. The van der Waals surface area contributed by atoms with E-state index in [9.17, 15) is 14.4 Å². The quantitative estimate of drug-likeness (QED) is 0.0193. The summed E-state index contributed by atoms with van der Waals surface area (Å²) in [6.07, 6.45) is 41.4. The molecule has 0 bridgehead atoms. The Morgan fingerprint density at radius 3 is 1.47 bits per heavy atom. The van der Waals surface area contributed by atoms with Crippen LogP contribution in [0.3, 0.4) is 0 Å². The topological polar surface area (TPSA) is 110 Å². The Morgan fingerprint density at radius 1 is 0.468 bits per heavy atom. The second-order valence-electron chi connectivity index (χ2n) is 16.3. The van der Waals surface area contributed by atoms with Crippen molar-refractivity contribution in [3.05, 3.63) is 48.6 Å². The summed E-state index contributed by atoms with van der Waals surface area (Å²) in [5.74, 6) is -1.28. The van der Waals surface area contributed by atoms with Crippen LogP contribution in [0.15, 0.2) is 48.6 Å². The van der Waals surface area contributed by atoms with Gasteiger partial charge in [-0.15, -0.1) is 0 Å². The second-order valence-corrected chi connectivity index (χ2v) is 16.3. The van der Waals surface area contributed by atoms with E-state index in [1.165, 1.54) is 77.0 Å². The molecule has 0 saturated heterocycles. The van der Waals surface area contributed by atoms with Gasteiger partial charge in [-0.3, -0.25) is 9.59 Å². The number of carbonyl (C=O) groups is 3. The molecule has 0 saturated carbocycles. The second kappa shape index (κ2) is 47.5. The van der Waals surface area contributed by atoms with Crippen LogP contribution in [0.1, 0.15) is 195 Å². The van der Waals surface area contributed by atoms with E-state index in [2.05, 4.69) is 76.0 Å². The summed E-state index contributed by atoms with van der Waals surface area (Å²) in [6, 6.07) is 0. The standard InChI is InChI=1S/C52H93NO9/c1-6-11-14-17-20-21-22-23-24-25-26-27-28-31-34-38-49(54)60-45-48(47-62-52(56)59-44-37-41-53(9-4)10-5)46-61-50(55)39-40-51(57-42-35-32-29-18-15-12-7-2)58-43-36-33-30-19-16-13-8-3/h20-21,23-24,32-33,35-36,48,51H,6-19,22,25-31,34,37-47H2,1-5H3/b21-20-,24-23-,35-32+,36-33+. The van der Waals surface area contributed by atoms with Crippen molar-refractivity contribution in [3.63, 3.8) is 0 Å². The molecule has 0 amide bonds. The molecule has 0 aromatic carbocycles. The lowest BCUT2D eigenvalue weighted by atomic mass is 10.1. The molecule has 0 aromatic heterocycles. The molecule has 0 aliphatic carbocycles. The molecule has 1 atom stereocenters. The van der Waals surface area contributed by atoms with E-state index < -0.39 is 24.3 Å². The van der Waals surface area contributed by atoms with Gasteiger partial charge in [0.25, 0.3) is 0 Å². The van der Waals surface area contributed by atoms with Crippen LogP contribution in [0.25, 0.3) is 0 Å². The van der Waals surface area contributed by atoms with Gasteiger partial charge in [-0.25, -0.2) is 4.79 Å². The summed E-state index contributed by atoms with van der Waals surface area (Å²) in [5.41, 5.74) is 0. The van der Waals surface area contributed by atoms with Crippen molar-refractivity contribution in [2.75, 3.05) is 59.3 Å². The van der Waals surface area contributed by atoms with Crippen LogP contribution >= 0.6 is 0 Å². The zero-order valence-corrected chi connectivity index (χ0v) is 40.4.